The minimum atomic E-state index is -0.524. The number of carbonyl (C=O) groups is 2. The molecule has 0 saturated carbocycles. The fourth-order valence-electron chi connectivity index (χ4n) is 3.80. The second-order valence-electron chi connectivity index (χ2n) is 8.16. The Balaban J connectivity index is 1.54. The molecule has 0 bridgehead atoms. The summed E-state index contributed by atoms with van der Waals surface area (Å²) in [5.74, 6) is -0.265. The highest BCUT2D eigenvalue weighted by atomic mass is 35.5. The molecule has 2 N–H and O–H groups in total. The van der Waals surface area contributed by atoms with Crippen molar-refractivity contribution in [3.05, 3.63) is 59.7 Å². The molecule has 36 heavy (non-hydrogen) atoms. The molecule has 1 amide bonds. The third-order valence-electron chi connectivity index (χ3n) is 5.31. The Bertz CT molecular complexity index is 1320. The molecule has 1 saturated heterocycles. The van der Waals surface area contributed by atoms with E-state index in [1.807, 2.05) is 18.7 Å². The van der Waals surface area contributed by atoms with E-state index in [0.717, 1.165) is 0 Å². The zero-order valence-corrected chi connectivity index (χ0v) is 20.5. The van der Waals surface area contributed by atoms with Gasteiger partial charge in [-0.2, -0.15) is 0 Å². The summed E-state index contributed by atoms with van der Waals surface area (Å²) < 4.78 is 24.4. The minimum Gasteiger partial charge on any atom is -0.492 e. The highest BCUT2D eigenvalue weighted by Crippen LogP contribution is 2.34. The van der Waals surface area contributed by atoms with Gasteiger partial charge in [-0.3, -0.25) is 14.5 Å². The van der Waals surface area contributed by atoms with Crippen LogP contribution in [0, 0.1) is 5.82 Å². The van der Waals surface area contributed by atoms with Crippen LogP contribution in [0.4, 0.5) is 21.6 Å². The van der Waals surface area contributed by atoms with E-state index in [9.17, 15) is 14.0 Å². The first kappa shape index (κ1) is 25.3. The monoisotopic (exact) mass is 513 g/mol. The average Bonchev–Trinajstić information content (AvgIpc) is 2.82. The van der Waals surface area contributed by atoms with Crippen LogP contribution in [0.3, 0.4) is 0 Å². The summed E-state index contributed by atoms with van der Waals surface area (Å²) >= 11 is 5.90. The van der Waals surface area contributed by atoms with Gasteiger partial charge < -0.3 is 20.1 Å². The van der Waals surface area contributed by atoms with Gasteiger partial charge in [-0.25, -0.2) is 14.4 Å². The number of aromatic nitrogens is 2. The van der Waals surface area contributed by atoms with Gasteiger partial charge in [0.15, 0.2) is 0 Å². The lowest BCUT2D eigenvalue weighted by Gasteiger charge is -2.29. The van der Waals surface area contributed by atoms with Gasteiger partial charge in [0.05, 0.1) is 29.4 Å². The van der Waals surface area contributed by atoms with Crippen molar-refractivity contribution in [3.63, 3.8) is 0 Å². The van der Waals surface area contributed by atoms with Gasteiger partial charge in [0, 0.05) is 36.3 Å². The SMILES string of the molecule is CCOc1cc2ncnc(Nc3ccc(F)c(Cl)c3)c2cc1NC(=O)C=CCN1CC(=O)O[C@H](C)C1. The van der Waals surface area contributed by atoms with Crippen LogP contribution in [-0.2, 0) is 14.3 Å². The minimum absolute atomic E-state index is 0.0207. The lowest BCUT2D eigenvalue weighted by Crippen LogP contribution is -2.44. The summed E-state index contributed by atoms with van der Waals surface area (Å²) in [7, 11) is 0. The first-order chi connectivity index (χ1) is 17.3. The predicted octanol–water partition coefficient (Wildman–Crippen LogP) is 4.31. The standard InChI is InChI=1S/C25H25ClFN5O4/c1-3-35-22-11-20-17(25(29-14-28-20)30-16-6-7-19(27)18(26)9-16)10-21(22)31-23(33)5-4-8-32-12-15(2)36-24(34)13-32/h4-7,9-11,14-15H,3,8,12-13H2,1-2H3,(H,31,33)(H,28,29,30)/t15-/m1/s1. The zero-order valence-electron chi connectivity index (χ0n) is 19.8. The Kier molecular flexibility index (Phi) is 7.97. The van der Waals surface area contributed by atoms with E-state index in [-0.39, 0.29) is 29.5 Å². The number of hydrogen-bond donors (Lipinski definition) is 2. The van der Waals surface area contributed by atoms with E-state index in [1.54, 1.807) is 24.3 Å². The molecule has 11 heteroatoms. The Morgan fingerprint density at radius 2 is 2.17 bits per heavy atom. The Morgan fingerprint density at radius 3 is 2.92 bits per heavy atom. The summed E-state index contributed by atoms with van der Waals surface area (Å²) in [5.41, 5.74) is 1.56. The van der Waals surface area contributed by atoms with E-state index < -0.39 is 5.82 Å². The van der Waals surface area contributed by atoms with Crippen LogP contribution >= 0.6 is 11.6 Å². The molecule has 1 atom stereocenters. The second kappa shape index (κ2) is 11.3. The third-order valence-corrected chi connectivity index (χ3v) is 5.60. The fourth-order valence-corrected chi connectivity index (χ4v) is 3.98. The Labute approximate surface area is 212 Å². The number of hydrogen-bond acceptors (Lipinski definition) is 8. The smallest absolute Gasteiger partial charge is 0.320 e. The number of ether oxygens (including phenoxy) is 2. The molecule has 1 aromatic heterocycles. The molecule has 2 heterocycles. The van der Waals surface area contributed by atoms with Crippen molar-refractivity contribution in [1.82, 2.24) is 14.9 Å². The van der Waals surface area contributed by atoms with Gasteiger partial charge in [-0.05, 0) is 38.1 Å². The molecule has 4 rings (SSSR count). The summed E-state index contributed by atoms with van der Waals surface area (Å²) in [6, 6.07) is 7.67. The number of carbonyl (C=O) groups excluding carboxylic acids is 2. The van der Waals surface area contributed by atoms with Crippen molar-refractivity contribution in [2.75, 3.05) is 36.9 Å². The number of cyclic esters (lactones) is 1. The molecule has 0 unspecified atom stereocenters. The van der Waals surface area contributed by atoms with Gasteiger partial charge in [-0.15, -0.1) is 0 Å². The van der Waals surface area contributed by atoms with E-state index in [2.05, 4.69) is 20.6 Å². The van der Waals surface area contributed by atoms with Crippen LogP contribution in [0.25, 0.3) is 10.9 Å². The molecule has 1 aliphatic rings. The number of fused-ring (bicyclic) bond motifs is 1. The zero-order chi connectivity index (χ0) is 25.7. The van der Waals surface area contributed by atoms with E-state index in [4.69, 9.17) is 21.1 Å². The van der Waals surface area contributed by atoms with Crippen LogP contribution in [0.2, 0.25) is 5.02 Å². The van der Waals surface area contributed by atoms with Crippen molar-refractivity contribution >= 4 is 51.6 Å². The quantitative estimate of drug-likeness (QED) is 0.339. The number of amides is 1. The average molecular weight is 514 g/mol. The third kappa shape index (κ3) is 6.27. The van der Waals surface area contributed by atoms with Crippen molar-refractivity contribution < 1.29 is 23.5 Å². The van der Waals surface area contributed by atoms with Crippen LogP contribution in [0.5, 0.6) is 5.75 Å². The van der Waals surface area contributed by atoms with E-state index in [0.29, 0.717) is 53.5 Å². The number of nitrogens with zero attached hydrogens (tertiary/aromatic N) is 3. The highest BCUT2D eigenvalue weighted by Gasteiger charge is 2.22. The molecular formula is C25H25ClFN5O4. The van der Waals surface area contributed by atoms with Gasteiger partial charge >= 0.3 is 5.97 Å². The lowest BCUT2D eigenvalue weighted by atomic mass is 10.1. The van der Waals surface area contributed by atoms with Crippen molar-refractivity contribution in [2.24, 2.45) is 0 Å². The molecular weight excluding hydrogens is 489 g/mol. The van der Waals surface area contributed by atoms with Crippen molar-refractivity contribution in [2.45, 2.75) is 20.0 Å². The molecule has 0 spiro atoms. The fraction of sp³-hybridized carbons (Fsp3) is 0.280. The summed E-state index contributed by atoms with van der Waals surface area (Å²) in [6.45, 7) is 5.28. The first-order valence-corrected chi connectivity index (χ1v) is 11.7. The highest BCUT2D eigenvalue weighted by molar-refractivity contribution is 6.31. The molecule has 1 aliphatic heterocycles. The number of anilines is 3. The van der Waals surface area contributed by atoms with Crippen LogP contribution in [0.15, 0.2) is 48.8 Å². The maximum Gasteiger partial charge on any atom is 0.320 e. The lowest BCUT2D eigenvalue weighted by molar-refractivity contribution is -0.156. The maximum absolute atomic E-state index is 13.5. The summed E-state index contributed by atoms with van der Waals surface area (Å²) in [6.07, 6.45) is 4.31. The van der Waals surface area contributed by atoms with Gasteiger partial charge in [0.1, 0.15) is 29.8 Å². The number of halogens is 2. The number of nitrogens with one attached hydrogen (secondary N) is 2. The van der Waals surface area contributed by atoms with Crippen LogP contribution in [0.1, 0.15) is 13.8 Å². The first-order valence-electron chi connectivity index (χ1n) is 11.4. The molecule has 188 valence electrons. The van der Waals surface area contributed by atoms with Gasteiger partial charge in [0.25, 0.3) is 0 Å². The molecule has 0 radical (unpaired) electrons. The summed E-state index contributed by atoms with van der Waals surface area (Å²) in [4.78, 5) is 34.7. The van der Waals surface area contributed by atoms with Gasteiger partial charge in [-0.1, -0.05) is 17.7 Å². The largest absolute Gasteiger partial charge is 0.492 e. The number of benzene rings is 2. The molecule has 0 aliphatic carbocycles. The van der Waals surface area contributed by atoms with Crippen LogP contribution < -0.4 is 15.4 Å². The molecule has 2 aromatic carbocycles. The number of rotatable bonds is 8. The maximum atomic E-state index is 13.5. The van der Waals surface area contributed by atoms with E-state index in [1.165, 1.54) is 24.5 Å². The van der Waals surface area contributed by atoms with Crippen molar-refractivity contribution in [3.8, 4) is 5.75 Å². The predicted molar refractivity (Wildman–Crippen MR) is 135 cm³/mol. The summed E-state index contributed by atoms with van der Waals surface area (Å²) in [5, 5.41) is 6.54. The second-order valence-corrected chi connectivity index (χ2v) is 8.57. The topological polar surface area (TPSA) is 106 Å². The van der Waals surface area contributed by atoms with Crippen molar-refractivity contribution in [1.29, 1.82) is 0 Å². The number of morpholine rings is 1. The van der Waals surface area contributed by atoms with E-state index >= 15 is 0 Å². The molecule has 3 aromatic rings. The normalized spacial score (nSPS) is 16.2. The molecule has 1 fully saturated rings. The Morgan fingerprint density at radius 1 is 1.33 bits per heavy atom. The van der Waals surface area contributed by atoms with Gasteiger partial charge in [0.2, 0.25) is 5.91 Å². The Hall–Kier alpha value is -3.76. The number of esters is 1. The van der Waals surface area contributed by atoms with Crippen LogP contribution in [-0.4, -0.2) is 59.1 Å². The molecule has 9 nitrogen and oxygen atoms in total.